The van der Waals surface area contributed by atoms with Gasteiger partial charge in [0.05, 0.1) is 5.69 Å². The zero-order valence-electron chi connectivity index (χ0n) is 9.71. The number of aliphatic imine (C=N–C) groups is 1. The second-order valence-electron chi connectivity index (χ2n) is 3.93. The summed E-state index contributed by atoms with van der Waals surface area (Å²) in [5.41, 5.74) is 1.10. The number of aromatic amines is 1. The van der Waals surface area contributed by atoms with E-state index in [-0.39, 0.29) is 0 Å². The first kappa shape index (κ1) is 12.0. The van der Waals surface area contributed by atoms with Gasteiger partial charge < -0.3 is 4.98 Å². The van der Waals surface area contributed by atoms with Crippen LogP contribution >= 0.6 is 0 Å². The molecule has 1 heterocycles. The van der Waals surface area contributed by atoms with Crippen molar-refractivity contribution in [3.63, 3.8) is 0 Å². The first-order valence-corrected chi connectivity index (χ1v) is 6.06. The van der Waals surface area contributed by atoms with E-state index in [1.54, 1.807) is 0 Å². The number of H-pyrrole nitrogens is 1. The van der Waals surface area contributed by atoms with Gasteiger partial charge in [-0.05, 0) is 18.6 Å². The van der Waals surface area contributed by atoms with Crippen LogP contribution in [0.15, 0.2) is 23.3 Å². The third-order valence-electron chi connectivity index (χ3n) is 2.49. The molecule has 0 spiro atoms. The topological polar surface area (TPSA) is 28.1 Å². The van der Waals surface area contributed by atoms with Gasteiger partial charge in [0.25, 0.3) is 0 Å². The molecule has 0 saturated carbocycles. The van der Waals surface area contributed by atoms with Gasteiger partial charge in [-0.2, -0.15) is 0 Å². The van der Waals surface area contributed by atoms with Gasteiger partial charge in [0.1, 0.15) is 0 Å². The Balaban J connectivity index is 1.93. The number of nitrogens with zero attached hydrogens (tertiary/aromatic N) is 1. The van der Waals surface area contributed by atoms with Gasteiger partial charge in [0.2, 0.25) is 0 Å². The maximum Gasteiger partial charge on any atom is 0.0561 e. The molecule has 0 bridgehead atoms. The Bertz CT molecular complexity index is 250. The van der Waals surface area contributed by atoms with Crippen LogP contribution in [0.3, 0.4) is 0 Å². The molecule has 1 rings (SSSR count). The number of rotatable bonds is 8. The molecule has 0 aliphatic heterocycles. The highest BCUT2D eigenvalue weighted by molar-refractivity contribution is 5.76. The Morgan fingerprint density at radius 1 is 1.20 bits per heavy atom. The van der Waals surface area contributed by atoms with Crippen LogP contribution in [0.4, 0.5) is 0 Å². The summed E-state index contributed by atoms with van der Waals surface area (Å²) in [7, 11) is 0. The minimum atomic E-state index is 0.963. The normalized spacial score (nSPS) is 11.3. The molecule has 0 saturated heterocycles. The van der Waals surface area contributed by atoms with Gasteiger partial charge in [0.15, 0.2) is 0 Å². The number of aromatic nitrogens is 1. The molecule has 2 nitrogen and oxygen atoms in total. The van der Waals surface area contributed by atoms with Gasteiger partial charge in [0, 0.05) is 19.0 Å². The minimum Gasteiger partial charge on any atom is -0.360 e. The smallest absolute Gasteiger partial charge is 0.0561 e. The standard InChI is InChI=1S/C13H22N2/c1-2-3-4-5-6-7-10-14-12-13-9-8-11-15-13/h8-9,11-12,15H,2-7,10H2,1H3. The van der Waals surface area contributed by atoms with Crippen molar-refractivity contribution in [2.24, 2.45) is 4.99 Å². The molecular weight excluding hydrogens is 184 g/mol. The number of hydrogen-bond acceptors (Lipinski definition) is 1. The van der Waals surface area contributed by atoms with Gasteiger partial charge in [-0.15, -0.1) is 0 Å². The minimum absolute atomic E-state index is 0.963. The molecule has 0 unspecified atom stereocenters. The van der Waals surface area contributed by atoms with Crippen molar-refractivity contribution < 1.29 is 0 Å². The fraction of sp³-hybridized carbons (Fsp3) is 0.615. The van der Waals surface area contributed by atoms with E-state index in [1.807, 2.05) is 24.5 Å². The Kier molecular flexibility index (Phi) is 6.63. The fourth-order valence-electron chi connectivity index (χ4n) is 1.57. The summed E-state index contributed by atoms with van der Waals surface area (Å²) in [6, 6.07) is 4.02. The van der Waals surface area contributed by atoms with Crippen LogP contribution < -0.4 is 0 Å². The maximum absolute atomic E-state index is 4.38. The zero-order valence-corrected chi connectivity index (χ0v) is 9.71. The summed E-state index contributed by atoms with van der Waals surface area (Å²) in [6.07, 6.45) is 11.8. The SMILES string of the molecule is CCCCCCCCN=Cc1ccc[nH]1. The van der Waals surface area contributed by atoms with Gasteiger partial charge in [-0.3, -0.25) is 4.99 Å². The molecule has 0 radical (unpaired) electrons. The molecule has 1 aromatic heterocycles. The monoisotopic (exact) mass is 206 g/mol. The molecule has 15 heavy (non-hydrogen) atoms. The number of nitrogens with one attached hydrogen (secondary N) is 1. The maximum atomic E-state index is 4.38. The molecule has 1 N–H and O–H groups in total. The molecule has 0 aromatic carbocycles. The lowest BCUT2D eigenvalue weighted by Crippen LogP contribution is -1.85. The predicted octanol–water partition coefficient (Wildman–Crippen LogP) is 3.79. The van der Waals surface area contributed by atoms with Crippen molar-refractivity contribution in [3.8, 4) is 0 Å². The van der Waals surface area contributed by atoms with E-state index >= 15 is 0 Å². The Labute approximate surface area is 92.8 Å². The molecule has 1 aromatic rings. The summed E-state index contributed by atoms with van der Waals surface area (Å²) >= 11 is 0. The van der Waals surface area contributed by atoms with Crippen LogP contribution in [-0.2, 0) is 0 Å². The third kappa shape index (κ3) is 6.10. The number of hydrogen-bond donors (Lipinski definition) is 1. The van der Waals surface area contributed by atoms with Crippen molar-refractivity contribution in [2.75, 3.05) is 6.54 Å². The lowest BCUT2D eigenvalue weighted by atomic mass is 10.1. The summed E-state index contributed by atoms with van der Waals surface area (Å²) < 4.78 is 0. The van der Waals surface area contributed by atoms with E-state index in [9.17, 15) is 0 Å². The zero-order chi connectivity index (χ0) is 10.8. The average Bonchev–Trinajstić information content (AvgIpc) is 2.75. The van der Waals surface area contributed by atoms with Crippen LogP contribution in [0.2, 0.25) is 0 Å². The van der Waals surface area contributed by atoms with Crippen molar-refractivity contribution >= 4 is 6.21 Å². The van der Waals surface area contributed by atoms with Crippen molar-refractivity contribution in [2.45, 2.75) is 45.4 Å². The van der Waals surface area contributed by atoms with Crippen LogP contribution in [0.25, 0.3) is 0 Å². The highest BCUT2D eigenvalue weighted by atomic mass is 14.7. The highest BCUT2D eigenvalue weighted by Crippen LogP contribution is 2.04. The van der Waals surface area contributed by atoms with Crippen molar-refractivity contribution in [1.82, 2.24) is 4.98 Å². The quantitative estimate of drug-likeness (QED) is 0.495. The lowest BCUT2D eigenvalue weighted by Gasteiger charge is -1.97. The summed E-state index contributed by atoms with van der Waals surface area (Å²) in [6.45, 7) is 3.21. The average molecular weight is 206 g/mol. The number of unbranched alkanes of at least 4 members (excludes halogenated alkanes) is 5. The van der Waals surface area contributed by atoms with Crippen LogP contribution in [0.1, 0.15) is 51.1 Å². The van der Waals surface area contributed by atoms with Gasteiger partial charge >= 0.3 is 0 Å². The van der Waals surface area contributed by atoms with E-state index in [4.69, 9.17) is 0 Å². The first-order chi connectivity index (χ1) is 7.43. The summed E-state index contributed by atoms with van der Waals surface area (Å²) in [4.78, 5) is 7.48. The second kappa shape index (κ2) is 8.27. The third-order valence-corrected chi connectivity index (χ3v) is 2.49. The van der Waals surface area contributed by atoms with E-state index in [0.717, 1.165) is 12.2 Å². The molecule has 0 fully saturated rings. The Morgan fingerprint density at radius 3 is 2.73 bits per heavy atom. The van der Waals surface area contributed by atoms with Crippen molar-refractivity contribution in [3.05, 3.63) is 24.0 Å². The summed E-state index contributed by atoms with van der Waals surface area (Å²) in [5.74, 6) is 0. The molecule has 0 atom stereocenters. The highest BCUT2D eigenvalue weighted by Gasteiger charge is 1.89. The van der Waals surface area contributed by atoms with Crippen molar-refractivity contribution in [1.29, 1.82) is 0 Å². The largest absolute Gasteiger partial charge is 0.360 e. The first-order valence-electron chi connectivity index (χ1n) is 6.06. The van der Waals surface area contributed by atoms with Gasteiger partial charge in [-0.25, -0.2) is 0 Å². The van der Waals surface area contributed by atoms with Crippen LogP contribution in [0, 0.1) is 0 Å². The van der Waals surface area contributed by atoms with E-state index in [2.05, 4.69) is 16.9 Å². The Hall–Kier alpha value is -1.05. The second-order valence-corrected chi connectivity index (χ2v) is 3.93. The van der Waals surface area contributed by atoms with Crippen LogP contribution in [-0.4, -0.2) is 17.7 Å². The summed E-state index contributed by atoms with van der Waals surface area (Å²) in [5, 5.41) is 0. The van der Waals surface area contributed by atoms with E-state index < -0.39 is 0 Å². The molecule has 0 amide bonds. The Morgan fingerprint density at radius 2 is 2.00 bits per heavy atom. The molecular formula is C13H22N2. The van der Waals surface area contributed by atoms with Crippen LogP contribution in [0.5, 0.6) is 0 Å². The molecule has 84 valence electrons. The lowest BCUT2D eigenvalue weighted by molar-refractivity contribution is 0.612. The van der Waals surface area contributed by atoms with Gasteiger partial charge in [-0.1, -0.05) is 39.0 Å². The molecule has 2 heteroatoms. The van der Waals surface area contributed by atoms with E-state index in [1.165, 1.54) is 38.5 Å². The fourth-order valence-corrected chi connectivity index (χ4v) is 1.57. The molecule has 0 aliphatic rings. The predicted molar refractivity (Wildman–Crippen MR) is 66.6 cm³/mol. The van der Waals surface area contributed by atoms with E-state index in [0.29, 0.717) is 0 Å². The molecule has 0 aliphatic carbocycles.